The molecule has 138 valence electrons. The molecule has 0 aliphatic carbocycles. The first-order valence-corrected chi connectivity index (χ1v) is 9.07. The summed E-state index contributed by atoms with van der Waals surface area (Å²) < 4.78 is 11.2. The average molecular weight is 468 g/mol. The van der Waals surface area contributed by atoms with Gasteiger partial charge in [0.1, 0.15) is 5.01 Å². The summed E-state index contributed by atoms with van der Waals surface area (Å²) in [7, 11) is 1.78. The Labute approximate surface area is 165 Å². The zero-order valence-corrected chi connectivity index (χ0v) is 17.9. The normalized spacial score (nSPS) is 15.9. The summed E-state index contributed by atoms with van der Waals surface area (Å²) in [6.45, 7) is 8.13. The minimum atomic E-state index is 0. The van der Waals surface area contributed by atoms with E-state index in [9.17, 15) is 0 Å². The van der Waals surface area contributed by atoms with E-state index >= 15 is 0 Å². The molecule has 0 spiro atoms. The number of thiazole rings is 1. The van der Waals surface area contributed by atoms with E-state index in [2.05, 4.69) is 27.5 Å². The van der Waals surface area contributed by atoms with Gasteiger partial charge in [0.15, 0.2) is 5.96 Å². The largest absolute Gasteiger partial charge is 0.381 e. The number of nitrogens with one attached hydrogen (secondary N) is 2. The van der Waals surface area contributed by atoms with Crippen molar-refractivity contribution in [3.8, 4) is 0 Å². The molecule has 1 aromatic heterocycles. The van der Waals surface area contributed by atoms with E-state index in [1.54, 1.807) is 18.4 Å². The summed E-state index contributed by atoms with van der Waals surface area (Å²) in [5, 5.41) is 7.69. The van der Waals surface area contributed by atoms with Gasteiger partial charge in [-0.2, -0.15) is 0 Å². The van der Waals surface area contributed by atoms with Gasteiger partial charge >= 0.3 is 0 Å². The molecule has 0 amide bonds. The number of halogens is 1. The van der Waals surface area contributed by atoms with Crippen LogP contribution in [0, 0.1) is 13.8 Å². The molecule has 2 rings (SSSR count). The van der Waals surface area contributed by atoms with Crippen molar-refractivity contribution in [2.24, 2.45) is 4.99 Å². The van der Waals surface area contributed by atoms with Crippen LogP contribution in [-0.4, -0.2) is 50.5 Å². The molecule has 8 heteroatoms. The van der Waals surface area contributed by atoms with Gasteiger partial charge in [0.05, 0.1) is 18.3 Å². The van der Waals surface area contributed by atoms with E-state index in [-0.39, 0.29) is 24.0 Å². The van der Waals surface area contributed by atoms with Crippen LogP contribution in [0.4, 0.5) is 0 Å². The SMILES string of the molecule is CN=C(NCCCOC1CCOCC1)NCc1nc(C)c(C)s1.I. The molecule has 0 aromatic carbocycles. The second kappa shape index (κ2) is 12.0. The summed E-state index contributed by atoms with van der Waals surface area (Å²) >= 11 is 1.73. The lowest BCUT2D eigenvalue weighted by Gasteiger charge is -2.22. The Kier molecular flexibility index (Phi) is 10.8. The fourth-order valence-corrected chi connectivity index (χ4v) is 3.24. The molecular weight excluding hydrogens is 439 g/mol. The average Bonchev–Trinajstić information content (AvgIpc) is 2.89. The highest BCUT2D eigenvalue weighted by Crippen LogP contribution is 2.15. The van der Waals surface area contributed by atoms with E-state index in [4.69, 9.17) is 9.47 Å². The number of aliphatic imine (C=N–C) groups is 1. The van der Waals surface area contributed by atoms with Crippen molar-refractivity contribution in [2.45, 2.75) is 45.8 Å². The van der Waals surface area contributed by atoms with Crippen molar-refractivity contribution in [3.05, 3.63) is 15.6 Å². The Morgan fingerprint density at radius 2 is 2.08 bits per heavy atom. The van der Waals surface area contributed by atoms with Crippen LogP contribution in [0.3, 0.4) is 0 Å². The van der Waals surface area contributed by atoms with Gasteiger partial charge in [-0.05, 0) is 33.1 Å². The molecular formula is C16H29IN4O2S. The molecule has 1 aromatic rings. The molecule has 1 aliphatic heterocycles. The number of aromatic nitrogens is 1. The maximum absolute atomic E-state index is 5.85. The molecule has 0 bridgehead atoms. The number of hydrogen-bond acceptors (Lipinski definition) is 5. The number of aryl methyl sites for hydroxylation is 2. The van der Waals surface area contributed by atoms with Crippen LogP contribution < -0.4 is 10.6 Å². The summed E-state index contributed by atoms with van der Waals surface area (Å²) in [5.74, 6) is 0.807. The maximum Gasteiger partial charge on any atom is 0.191 e. The van der Waals surface area contributed by atoms with Gasteiger partial charge in [-0.15, -0.1) is 35.3 Å². The highest BCUT2D eigenvalue weighted by atomic mass is 127. The Morgan fingerprint density at radius 3 is 2.71 bits per heavy atom. The quantitative estimate of drug-likeness (QED) is 0.279. The fraction of sp³-hybridized carbons (Fsp3) is 0.750. The van der Waals surface area contributed by atoms with Crippen LogP contribution in [0.2, 0.25) is 0 Å². The first kappa shape index (κ1) is 21.6. The van der Waals surface area contributed by atoms with E-state index in [1.165, 1.54) is 4.88 Å². The first-order chi connectivity index (χ1) is 11.2. The molecule has 0 radical (unpaired) electrons. The molecule has 0 atom stereocenters. The topological polar surface area (TPSA) is 67.8 Å². The van der Waals surface area contributed by atoms with Crippen LogP contribution in [0.1, 0.15) is 34.8 Å². The summed E-state index contributed by atoms with van der Waals surface area (Å²) in [5.41, 5.74) is 1.11. The second-order valence-corrected chi connectivity index (χ2v) is 6.93. The van der Waals surface area contributed by atoms with Crippen molar-refractivity contribution in [1.82, 2.24) is 15.6 Å². The van der Waals surface area contributed by atoms with Gasteiger partial charge in [0, 0.05) is 38.3 Å². The Morgan fingerprint density at radius 1 is 1.33 bits per heavy atom. The van der Waals surface area contributed by atoms with Gasteiger partial charge in [0.25, 0.3) is 0 Å². The first-order valence-electron chi connectivity index (χ1n) is 8.26. The Hall–Kier alpha value is -0.450. The minimum Gasteiger partial charge on any atom is -0.381 e. The van der Waals surface area contributed by atoms with E-state index < -0.39 is 0 Å². The van der Waals surface area contributed by atoms with Crippen LogP contribution in [0.25, 0.3) is 0 Å². The molecule has 2 N–H and O–H groups in total. The third-order valence-corrected chi connectivity index (χ3v) is 4.91. The lowest BCUT2D eigenvalue weighted by atomic mass is 10.1. The summed E-state index contributed by atoms with van der Waals surface area (Å²) in [4.78, 5) is 10.0. The van der Waals surface area contributed by atoms with Crippen LogP contribution in [0.15, 0.2) is 4.99 Å². The predicted molar refractivity (Wildman–Crippen MR) is 110 cm³/mol. The molecule has 0 unspecified atom stereocenters. The second-order valence-electron chi connectivity index (χ2n) is 5.64. The van der Waals surface area contributed by atoms with Crippen molar-refractivity contribution in [2.75, 3.05) is 33.4 Å². The van der Waals surface area contributed by atoms with Crippen molar-refractivity contribution >= 4 is 41.3 Å². The van der Waals surface area contributed by atoms with Crippen LogP contribution in [-0.2, 0) is 16.0 Å². The van der Waals surface area contributed by atoms with E-state index in [0.717, 1.165) is 62.3 Å². The lowest BCUT2D eigenvalue weighted by Crippen LogP contribution is -2.37. The Bertz CT molecular complexity index is 485. The number of rotatable bonds is 7. The number of hydrogen-bond donors (Lipinski definition) is 2. The smallest absolute Gasteiger partial charge is 0.191 e. The molecule has 1 aliphatic rings. The molecule has 24 heavy (non-hydrogen) atoms. The maximum atomic E-state index is 5.85. The predicted octanol–water partition coefficient (Wildman–Crippen LogP) is 2.63. The van der Waals surface area contributed by atoms with Gasteiger partial charge in [-0.25, -0.2) is 4.98 Å². The summed E-state index contributed by atoms with van der Waals surface area (Å²) in [6, 6.07) is 0. The zero-order chi connectivity index (χ0) is 16.5. The molecule has 2 heterocycles. The Balaban J connectivity index is 0.00000288. The zero-order valence-electron chi connectivity index (χ0n) is 14.8. The highest BCUT2D eigenvalue weighted by Gasteiger charge is 2.13. The van der Waals surface area contributed by atoms with Crippen LogP contribution >= 0.6 is 35.3 Å². The fourth-order valence-electron chi connectivity index (χ4n) is 2.37. The van der Waals surface area contributed by atoms with Gasteiger partial charge in [-0.3, -0.25) is 4.99 Å². The molecule has 0 saturated carbocycles. The standard InChI is InChI=1S/C16H28N4O2S.HI/c1-12-13(2)23-15(20-12)11-19-16(17-3)18-7-4-8-22-14-5-9-21-10-6-14;/h14H,4-11H2,1-3H3,(H2,17,18,19);1H. The number of guanidine groups is 1. The minimum absolute atomic E-state index is 0. The van der Waals surface area contributed by atoms with Gasteiger partial charge in [0.2, 0.25) is 0 Å². The highest BCUT2D eigenvalue weighted by molar-refractivity contribution is 14.0. The lowest BCUT2D eigenvalue weighted by molar-refractivity contribution is -0.0320. The third-order valence-electron chi connectivity index (χ3n) is 3.84. The number of ether oxygens (including phenoxy) is 2. The van der Waals surface area contributed by atoms with Crippen molar-refractivity contribution in [3.63, 3.8) is 0 Å². The van der Waals surface area contributed by atoms with E-state index in [0.29, 0.717) is 12.6 Å². The van der Waals surface area contributed by atoms with Crippen molar-refractivity contribution in [1.29, 1.82) is 0 Å². The number of nitrogens with zero attached hydrogens (tertiary/aromatic N) is 2. The monoisotopic (exact) mass is 468 g/mol. The molecule has 1 saturated heterocycles. The van der Waals surface area contributed by atoms with Crippen molar-refractivity contribution < 1.29 is 9.47 Å². The van der Waals surface area contributed by atoms with Gasteiger partial charge < -0.3 is 20.1 Å². The van der Waals surface area contributed by atoms with Crippen LogP contribution in [0.5, 0.6) is 0 Å². The molecule has 1 fully saturated rings. The van der Waals surface area contributed by atoms with Gasteiger partial charge in [-0.1, -0.05) is 0 Å². The van der Waals surface area contributed by atoms with E-state index in [1.807, 2.05) is 6.92 Å². The summed E-state index contributed by atoms with van der Waals surface area (Å²) in [6.07, 6.45) is 3.37. The third kappa shape index (κ3) is 7.62. The molecule has 6 nitrogen and oxygen atoms in total.